The molecule has 0 fully saturated rings. The second-order valence-electron chi connectivity index (χ2n) is 5.40. The van der Waals surface area contributed by atoms with Gasteiger partial charge in [0.1, 0.15) is 12.3 Å². The summed E-state index contributed by atoms with van der Waals surface area (Å²) in [4.78, 5) is 17.7. The SMILES string of the molecule is CCNC(=NCc1ccc(C(N)=O)o1)NCCN(C)CCCOC.I. The molecule has 0 unspecified atom stereocenters. The normalized spacial score (nSPS) is 11.3. The molecule has 0 aliphatic heterocycles. The van der Waals surface area contributed by atoms with E-state index in [-0.39, 0.29) is 29.7 Å². The van der Waals surface area contributed by atoms with Crippen molar-refractivity contribution < 1.29 is 13.9 Å². The van der Waals surface area contributed by atoms with Crippen molar-refractivity contribution in [3.05, 3.63) is 23.7 Å². The summed E-state index contributed by atoms with van der Waals surface area (Å²) in [6.07, 6.45) is 1.02. The average Bonchev–Trinajstić information content (AvgIpc) is 3.02. The Morgan fingerprint density at radius 1 is 1.36 bits per heavy atom. The zero-order chi connectivity index (χ0) is 17.8. The minimum atomic E-state index is -0.577. The lowest BCUT2D eigenvalue weighted by molar-refractivity contribution is 0.0972. The third kappa shape index (κ3) is 10.3. The van der Waals surface area contributed by atoms with Gasteiger partial charge in [0, 0.05) is 39.9 Å². The number of guanidine groups is 1. The van der Waals surface area contributed by atoms with E-state index >= 15 is 0 Å². The number of nitrogens with two attached hydrogens (primary N) is 1. The maximum Gasteiger partial charge on any atom is 0.284 e. The molecule has 0 aromatic carbocycles. The number of hydrogen-bond donors (Lipinski definition) is 3. The predicted octanol–water partition coefficient (Wildman–Crippen LogP) is 1.02. The van der Waals surface area contributed by atoms with Crippen molar-refractivity contribution in [1.29, 1.82) is 0 Å². The lowest BCUT2D eigenvalue weighted by Gasteiger charge is -2.18. The highest BCUT2D eigenvalue weighted by Crippen LogP contribution is 2.08. The Labute approximate surface area is 166 Å². The summed E-state index contributed by atoms with van der Waals surface area (Å²) in [6.45, 7) is 6.56. The fourth-order valence-corrected chi connectivity index (χ4v) is 2.05. The van der Waals surface area contributed by atoms with Gasteiger partial charge in [-0.05, 0) is 32.5 Å². The van der Waals surface area contributed by atoms with Crippen LogP contribution in [-0.4, -0.2) is 63.7 Å². The molecule has 25 heavy (non-hydrogen) atoms. The largest absolute Gasteiger partial charge is 0.454 e. The number of likely N-dealkylation sites (N-methyl/N-ethyl adjacent to an activating group) is 1. The van der Waals surface area contributed by atoms with Gasteiger partial charge in [-0.1, -0.05) is 0 Å². The topological polar surface area (TPSA) is 105 Å². The van der Waals surface area contributed by atoms with E-state index in [1.807, 2.05) is 6.92 Å². The number of aliphatic imine (C=N–C) groups is 1. The third-order valence-electron chi connectivity index (χ3n) is 3.32. The van der Waals surface area contributed by atoms with E-state index in [4.69, 9.17) is 14.9 Å². The van der Waals surface area contributed by atoms with Crippen molar-refractivity contribution in [2.75, 3.05) is 46.9 Å². The molecule has 0 aliphatic carbocycles. The van der Waals surface area contributed by atoms with Gasteiger partial charge in [0.15, 0.2) is 11.7 Å². The molecule has 8 nitrogen and oxygen atoms in total. The van der Waals surface area contributed by atoms with Crippen LogP contribution in [0.15, 0.2) is 21.5 Å². The molecule has 0 saturated carbocycles. The summed E-state index contributed by atoms with van der Waals surface area (Å²) in [5, 5.41) is 6.45. The number of nitrogens with zero attached hydrogens (tertiary/aromatic N) is 2. The van der Waals surface area contributed by atoms with Crippen molar-refractivity contribution in [3.8, 4) is 0 Å². The first-order valence-electron chi connectivity index (χ1n) is 8.15. The Kier molecular flexibility index (Phi) is 13.2. The Morgan fingerprint density at radius 2 is 2.12 bits per heavy atom. The maximum atomic E-state index is 11.0. The van der Waals surface area contributed by atoms with Crippen molar-refractivity contribution in [2.24, 2.45) is 10.7 Å². The number of furan rings is 1. The van der Waals surface area contributed by atoms with E-state index in [0.29, 0.717) is 18.3 Å². The molecule has 1 aromatic heterocycles. The van der Waals surface area contributed by atoms with Crippen LogP contribution in [0.1, 0.15) is 29.7 Å². The summed E-state index contributed by atoms with van der Waals surface area (Å²) in [5.74, 6) is 0.875. The molecule has 0 bridgehead atoms. The fraction of sp³-hybridized carbons (Fsp3) is 0.625. The van der Waals surface area contributed by atoms with E-state index in [9.17, 15) is 4.79 Å². The minimum absolute atomic E-state index is 0. The Bertz CT molecular complexity index is 522. The van der Waals surface area contributed by atoms with Gasteiger partial charge in [-0.3, -0.25) is 4.79 Å². The highest BCUT2D eigenvalue weighted by atomic mass is 127. The lowest BCUT2D eigenvalue weighted by Crippen LogP contribution is -2.41. The van der Waals surface area contributed by atoms with Crippen LogP contribution in [0.2, 0.25) is 0 Å². The molecule has 1 rings (SSSR count). The number of carbonyl (C=O) groups excluding carboxylic acids is 1. The van der Waals surface area contributed by atoms with Crippen molar-refractivity contribution in [3.63, 3.8) is 0 Å². The van der Waals surface area contributed by atoms with Crippen molar-refractivity contribution in [1.82, 2.24) is 15.5 Å². The van der Waals surface area contributed by atoms with Crippen LogP contribution in [0.3, 0.4) is 0 Å². The first-order valence-corrected chi connectivity index (χ1v) is 8.15. The minimum Gasteiger partial charge on any atom is -0.454 e. The van der Waals surface area contributed by atoms with Crippen LogP contribution >= 0.6 is 24.0 Å². The van der Waals surface area contributed by atoms with Gasteiger partial charge in [-0.2, -0.15) is 0 Å². The summed E-state index contributed by atoms with van der Waals surface area (Å²) in [5.41, 5.74) is 5.16. The Morgan fingerprint density at radius 3 is 2.72 bits per heavy atom. The van der Waals surface area contributed by atoms with Gasteiger partial charge in [-0.25, -0.2) is 4.99 Å². The molecule has 0 radical (unpaired) electrons. The number of primary amides is 1. The van der Waals surface area contributed by atoms with Gasteiger partial charge >= 0.3 is 0 Å². The first kappa shape index (κ1) is 23.7. The summed E-state index contributed by atoms with van der Waals surface area (Å²) in [7, 11) is 3.79. The molecule has 1 heterocycles. The highest BCUT2D eigenvalue weighted by molar-refractivity contribution is 14.0. The molecule has 1 amide bonds. The number of carbonyl (C=O) groups is 1. The van der Waals surface area contributed by atoms with Crippen LogP contribution in [0.5, 0.6) is 0 Å². The molecule has 1 aromatic rings. The molecule has 0 aliphatic rings. The molecule has 9 heteroatoms. The molecule has 144 valence electrons. The van der Waals surface area contributed by atoms with Gasteiger partial charge in [-0.15, -0.1) is 24.0 Å². The smallest absolute Gasteiger partial charge is 0.284 e. The van der Waals surface area contributed by atoms with Gasteiger partial charge < -0.3 is 30.4 Å². The van der Waals surface area contributed by atoms with E-state index in [1.54, 1.807) is 19.2 Å². The quantitative estimate of drug-likeness (QED) is 0.194. The number of amides is 1. The number of rotatable bonds is 11. The second kappa shape index (κ2) is 13.9. The van der Waals surface area contributed by atoms with Gasteiger partial charge in [0.05, 0.1) is 0 Å². The zero-order valence-corrected chi connectivity index (χ0v) is 17.5. The van der Waals surface area contributed by atoms with E-state index in [1.165, 1.54) is 0 Å². The number of halogens is 1. The standard InChI is InChI=1S/C16H29N5O3.HI/c1-4-18-16(19-8-10-21(2)9-5-11-23-3)20-12-13-6-7-14(24-13)15(17)22;/h6-7H,4-5,8-12H2,1-3H3,(H2,17,22)(H2,18,19,20);1H. The number of ether oxygens (including phenoxy) is 1. The summed E-state index contributed by atoms with van der Waals surface area (Å²) >= 11 is 0. The Balaban J connectivity index is 0.00000576. The van der Waals surface area contributed by atoms with Gasteiger partial charge in [0.25, 0.3) is 5.91 Å². The molecular weight excluding hydrogens is 437 g/mol. The number of methoxy groups -OCH3 is 1. The van der Waals surface area contributed by atoms with E-state index in [2.05, 4.69) is 27.6 Å². The first-order chi connectivity index (χ1) is 11.6. The fourth-order valence-electron chi connectivity index (χ4n) is 2.05. The van der Waals surface area contributed by atoms with Crippen molar-refractivity contribution in [2.45, 2.75) is 19.9 Å². The monoisotopic (exact) mass is 467 g/mol. The van der Waals surface area contributed by atoms with Crippen LogP contribution in [0.25, 0.3) is 0 Å². The van der Waals surface area contributed by atoms with E-state index < -0.39 is 5.91 Å². The second-order valence-corrected chi connectivity index (χ2v) is 5.40. The third-order valence-corrected chi connectivity index (χ3v) is 3.32. The van der Waals surface area contributed by atoms with E-state index in [0.717, 1.165) is 39.2 Å². The Hall–Kier alpha value is -1.33. The molecule has 4 N–H and O–H groups in total. The molecule has 0 spiro atoms. The lowest BCUT2D eigenvalue weighted by atomic mass is 10.4. The number of nitrogens with one attached hydrogen (secondary N) is 2. The molecular formula is C16H30IN5O3. The van der Waals surface area contributed by atoms with Crippen LogP contribution in [0, 0.1) is 0 Å². The highest BCUT2D eigenvalue weighted by Gasteiger charge is 2.07. The predicted molar refractivity (Wildman–Crippen MR) is 109 cm³/mol. The van der Waals surface area contributed by atoms with Gasteiger partial charge in [0.2, 0.25) is 0 Å². The number of hydrogen-bond acceptors (Lipinski definition) is 5. The summed E-state index contributed by atoms with van der Waals surface area (Å²) < 4.78 is 10.4. The molecule has 0 atom stereocenters. The average molecular weight is 467 g/mol. The zero-order valence-electron chi connectivity index (χ0n) is 15.2. The summed E-state index contributed by atoms with van der Waals surface area (Å²) in [6, 6.07) is 3.26. The maximum absolute atomic E-state index is 11.0. The van der Waals surface area contributed by atoms with Crippen LogP contribution in [0.4, 0.5) is 0 Å². The van der Waals surface area contributed by atoms with Crippen molar-refractivity contribution >= 4 is 35.8 Å². The van der Waals surface area contributed by atoms with Crippen LogP contribution < -0.4 is 16.4 Å². The molecule has 0 saturated heterocycles. The van der Waals surface area contributed by atoms with Crippen LogP contribution in [-0.2, 0) is 11.3 Å².